The molecule has 1 atom stereocenters. The fourth-order valence-electron chi connectivity index (χ4n) is 0.304. The van der Waals surface area contributed by atoms with Crippen LogP contribution in [0.3, 0.4) is 0 Å². The summed E-state index contributed by atoms with van der Waals surface area (Å²) in [5, 5.41) is 7.97. The molecule has 1 unspecified atom stereocenters. The van der Waals surface area contributed by atoms with Gasteiger partial charge in [0.15, 0.2) is 0 Å². The summed E-state index contributed by atoms with van der Waals surface area (Å²) >= 11 is 0. The summed E-state index contributed by atoms with van der Waals surface area (Å²) in [6.07, 6.45) is -1.46. The minimum absolute atomic E-state index is 0.245. The van der Waals surface area contributed by atoms with Gasteiger partial charge in [-0.2, -0.15) is 5.26 Å². The number of rotatable bonds is 3. The average molecular weight is 166 g/mol. The van der Waals surface area contributed by atoms with Crippen molar-refractivity contribution in [2.24, 2.45) is 5.73 Å². The SMILES string of the molecule is N#CCC(N)OP(=O)(O)O. The molecular weight excluding hydrogens is 159 g/mol. The van der Waals surface area contributed by atoms with E-state index in [0.29, 0.717) is 0 Å². The zero-order valence-electron chi connectivity index (χ0n) is 4.97. The summed E-state index contributed by atoms with van der Waals surface area (Å²) in [7, 11) is -4.53. The quantitative estimate of drug-likeness (QED) is 0.376. The molecule has 58 valence electrons. The van der Waals surface area contributed by atoms with Crippen LogP contribution in [0.1, 0.15) is 6.42 Å². The molecule has 0 saturated carbocycles. The molecule has 0 saturated heterocycles. The maximum atomic E-state index is 10.00. The second-order valence-corrected chi connectivity index (χ2v) is 2.69. The van der Waals surface area contributed by atoms with Gasteiger partial charge in [-0.05, 0) is 0 Å². The third-order valence-electron chi connectivity index (χ3n) is 0.565. The lowest BCUT2D eigenvalue weighted by Gasteiger charge is -2.08. The fraction of sp³-hybridized carbons (Fsp3) is 0.667. The Morgan fingerprint density at radius 3 is 2.60 bits per heavy atom. The summed E-state index contributed by atoms with van der Waals surface area (Å²) in [6.45, 7) is 0. The van der Waals surface area contributed by atoms with E-state index in [9.17, 15) is 4.57 Å². The molecule has 0 aliphatic carbocycles. The first kappa shape index (κ1) is 9.56. The molecule has 0 aliphatic rings. The smallest absolute Gasteiger partial charge is 0.305 e. The van der Waals surface area contributed by atoms with Crippen molar-refractivity contribution in [2.75, 3.05) is 0 Å². The zero-order chi connectivity index (χ0) is 8.20. The third-order valence-corrected chi connectivity index (χ3v) is 1.11. The van der Waals surface area contributed by atoms with Gasteiger partial charge in [-0.15, -0.1) is 0 Å². The molecule has 0 aliphatic heterocycles. The number of phosphoric acid groups is 1. The van der Waals surface area contributed by atoms with Crippen LogP contribution in [-0.2, 0) is 9.09 Å². The Morgan fingerprint density at radius 1 is 1.80 bits per heavy atom. The number of hydrogen-bond acceptors (Lipinski definition) is 4. The molecule has 0 aromatic carbocycles. The predicted octanol–water partition coefficient (Wildman–Crippen LogP) is -0.706. The van der Waals surface area contributed by atoms with Crippen molar-refractivity contribution < 1.29 is 18.9 Å². The Morgan fingerprint density at radius 2 is 2.30 bits per heavy atom. The van der Waals surface area contributed by atoms with E-state index < -0.39 is 14.1 Å². The van der Waals surface area contributed by atoms with Crippen LogP contribution < -0.4 is 5.73 Å². The van der Waals surface area contributed by atoms with E-state index >= 15 is 0 Å². The third kappa shape index (κ3) is 5.69. The molecule has 0 fully saturated rings. The Bertz CT molecular complexity index is 181. The lowest BCUT2D eigenvalue weighted by molar-refractivity contribution is 0.140. The van der Waals surface area contributed by atoms with E-state index in [1.807, 2.05) is 0 Å². The van der Waals surface area contributed by atoms with Crippen molar-refractivity contribution in [3.63, 3.8) is 0 Å². The van der Waals surface area contributed by atoms with E-state index in [0.717, 1.165) is 0 Å². The second kappa shape index (κ2) is 3.66. The monoisotopic (exact) mass is 166 g/mol. The van der Waals surface area contributed by atoms with Crippen molar-refractivity contribution >= 4 is 7.82 Å². The zero-order valence-corrected chi connectivity index (χ0v) is 5.86. The first-order valence-electron chi connectivity index (χ1n) is 2.32. The highest BCUT2D eigenvalue weighted by atomic mass is 31.2. The molecule has 0 heterocycles. The van der Waals surface area contributed by atoms with E-state index in [2.05, 4.69) is 4.52 Å². The van der Waals surface area contributed by atoms with Gasteiger partial charge in [0, 0.05) is 0 Å². The molecule has 0 amide bonds. The van der Waals surface area contributed by atoms with Crippen molar-refractivity contribution in [1.29, 1.82) is 5.26 Å². The van der Waals surface area contributed by atoms with Gasteiger partial charge in [-0.1, -0.05) is 0 Å². The van der Waals surface area contributed by atoms with Crippen LogP contribution in [0, 0.1) is 11.3 Å². The van der Waals surface area contributed by atoms with Crippen LogP contribution in [0.4, 0.5) is 0 Å². The molecule has 0 radical (unpaired) electrons. The van der Waals surface area contributed by atoms with Crippen LogP contribution in [-0.4, -0.2) is 16.0 Å². The van der Waals surface area contributed by atoms with Gasteiger partial charge in [-0.25, -0.2) is 4.57 Å². The number of nitrogens with zero attached hydrogens (tertiary/aromatic N) is 1. The minimum Gasteiger partial charge on any atom is -0.305 e. The standard InChI is InChI=1S/C3H7N2O4P/c4-2-1-3(5)9-10(6,7)8/h3H,1,5H2,(H2,6,7,8). The molecule has 0 rings (SSSR count). The number of nitriles is 1. The molecule has 10 heavy (non-hydrogen) atoms. The molecule has 0 aromatic heterocycles. The molecule has 4 N–H and O–H groups in total. The van der Waals surface area contributed by atoms with E-state index in [4.69, 9.17) is 20.8 Å². The lowest BCUT2D eigenvalue weighted by Crippen LogP contribution is -2.21. The van der Waals surface area contributed by atoms with Gasteiger partial charge in [-0.3, -0.25) is 4.52 Å². The summed E-state index contributed by atoms with van der Waals surface area (Å²) in [5.41, 5.74) is 4.93. The van der Waals surface area contributed by atoms with Gasteiger partial charge >= 0.3 is 7.82 Å². The Hall–Kier alpha value is -0.440. The number of phosphoric ester groups is 1. The molecule has 6 nitrogen and oxygen atoms in total. The van der Waals surface area contributed by atoms with Crippen molar-refractivity contribution in [3.8, 4) is 6.07 Å². The van der Waals surface area contributed by atoms with Gasteiger partial charge in [0.05, 0.1) is 12.5 Å². The molecular formula is C3H7N2O4P. The highest BCUT2D eigenvalue weighted by Gasteiger charge is 2.18. The van der Waals surface area contributed by atoms with Crippen LogP contribution in [0.5, 0.6) is 0 Å². The number of nitrogens with two attached hydrogens (primary N) is 1. The van der Waals surface area contributed by atoms with Crippen molar-refractivity contribution in [1.82, 2.24) is 0 Å². The van der Waals surface area contributed by atoms with Crippen LogP contribution in [0.2, 0.25) is 0 Å². The minimum atomic E-state index is -4.53. The second-order valence-electron chi connectivity index (χ2n) is 1.50. The first-order chi connectivity index (χ1) is 4.45. The maximum Gasteiger partial charge on any atom is 0.471 e. The largest absolute Gasteiger partial charge is 0.471 e. The van der Waals surface area contributed by atoms with Crippen LogP contribution in [0.15, 0.2) is 0 Å². The van der Waals surface area contributed by atoms with E-state index in [-0.39, 0.29) is 6.42 Å². The molecule has 0 bridgehead atoms. The highest BCUT2D eigenvalue weighted by Crippen LogP contribution is 2.36. The Balaban J connectivity index is 3.71. The van der Waals surface area contributed by atoms with Crippen molar-refractivity contribution in [2.45, 2.75) is 12.6 Å². The fourth-order valence-corrected chi connectivity index (χ4v) is 0.731. The lowest BCUT2D eigenvalue weighted by atomic mass is 10.4. The van der Waals surface area contributed by atoms with Crippen molar-refractivity contribution in [3.05, 3.63) is 0 Å². The van der Waals surface area contributed by atoms with E-state index in [1.165, 1.54) is 0 Å². The summed E-state index contributed by atoms with van der Waals surface area (Å²) in [5.74, 6) is 0. The predicted molar refractivity (Wildman–Crippen MR) is 31.3 cm³/mol. The Labute approximate surface area is 57.5 Å². The van der Waals surface area contributed by atoms with Gasteiger partial charge < -0.3 is 15.5 Å². The average Bonchev–Trinajstić information content (AvgIpc) is 1.59. The molecule has 0 spiro atoms. The van der Waals surface area contributed by atoms with Crippen LogP contribution in [0.25, 0.3) is 0 Å². The summed E-state index contributed by atoms with van der Waals surface area (Å²) in [4.78, 5) is 16.2. The first-order valence-corrected chi connectivity index (χ1v) is 3.85. The summed E-state index contributed by atoms with van der Waals surface area (Å²) in [6, 6.07) is 1.60. The highest BCUT2D eigenvalue weighted by molar-refractivity contribution is 7.46. The van der Waals surface area contributed by atoms with Gasteiger partial charge in [0.1, 0.15) is 6.23 Å². The van der Waals surface area contributed by atoms with Crippen LogP contribution >= 0.6 is 7.82 Å². The molecule has 0 aromatic rings. The van der Waals surface area contributed by atoms with Gasteiger partial charge in [0.25, 0.3) is 0 Å². The normalized spacial score (nSPS) is 14.2. The topological polar surface area (TPSA) is 117 Å². The number of hydrogen-bond donors (Lipinski definition) is 3. The summed E-state index contributed by atoms with van der Waals surface area (Å²) < 4.78 is 13.9. The maximum absolute atomic E-state index is 10.00. The Kier molecular flexibility index (Phi) is 3.50. The van der Waals surface area contributed by atoms with E-state index in [1.54, 1.807) is 6.07 Å². The molecule has 7 heteroatoms. The van der Waals surface area contributed by atoms with Gasteiger partial charge in [0.2, 0.25) is 0 Å².